The molecule has 0 radical (unpaired) electrons. The molecule has 0 unspecified atom stereocenters. The van der Waals surface area contributed by atoms with Gasteiger partial charge >= 0.3 is 13.8 Å². The Hall–Kier alpha value is -0.540. The molecule has 0 aliphatic carbocycles. The Bertz CT molecular complexity index is 311. The van der Waals surface area contributed by atoms with Gasteiger partial charge in [-0.15, -0.1) is 0 Å². The highest BCUT2D eigenvalue weighted by Gasteiger charge is 2.44. The average molecular weight is 258 g/mol. The van der Waals surface area contributed by atoms with Crippen molar-refractivity contribution in [2.24, 2.45) is 0 Å². The fraction of sp³-hybridized carbons (Fsp3) is 0.833. The van der Waals surface area contributed by atoms with Crippen molar-refractivity contribution < 1.29 is 43.7 Å². The van der Waals surface area contributed by atoms with E-state index in [2.05, 4.69) is 9.26 Å². The molecule has 94 valence electrons. The molecule has 1 aliphatic rings. The van der Waals surface area contributed by atoms with Crippen molar-refractivity contribution in [1.29, 1.82) is 0 Å². The first-order chi connectivity index (χ1) is 7.22. The summed E-state index contributed by atoms with van der Waals surface area (Å²) in [5.41, 5.74) is 0. The van der Waals surface area contributed by atoms with Crippen LogP contribution in [0.3, 0.4) is 0 Å². The zero-order valence-corrected chi connectivity index (χ0v) is 8.73. The second-order valence-electron chi connectivity index (χ2n) is 3.19. The lowest BCUT2D eigenvalue weighted by atomic mass is 10.0. The van der Waals surface area contributed by atoms with Crippen LogP contribution in [0.1, 0.15) is 0 Å². The number of phosphoric acid groups is 1. The summed E-state index contributed by atoms with van der Waals surface area (Å²) in [5.74, 6) is -1.20. The fourth-order valence-corrected chi connectivity index (χ4v) is 1.48. The molecule has 0 saturated carbocycles. The Balaban J connectivity index is 2.61. The van der Waals surface area contributed by atoms with E-state index >= 15 is 0 Å². The van der Waals surface area contributed by atoms with Crippen LogP contribution >= 0.6 is 7.82 Å². The number of rotatable bonds is 3. The summed E-state index contributed by atoms with van der Waals surface area (Å²) in [4.78, 5) is 27.6. The zero-order chi connectivity index (χ0) is 12.5. The molecule has 0 spiro atoms. The number of carbonyl (C=O) groups excluding carboxylic acids is 1. The van der Waals surface area contributed by atoms with E-state index in [0.717, 1.165) is 0 Å². The number of hydrogen-bond acceptors (Lipinski definition) is 7. The zero-order valence-electron chi connectivity index (χ0n) is 7.83. The van der Waals surface area contributed by atoms with Crippen molar-refractivity contribution in [3.8, 4) is 0 Å². The third kappa shape index (κ3) is 3.22. The Morgan fingerprint density at radius 3 is 2.31 bits per heavy atom. The number of aliphatic hydroxyl groups is 3. The van der Waals surface area contributed by atoms with Gasteiger partial charge in [0.05, 0.1) is 6.61 Å². The molecule has 0 aromatic carbocycles. The standard InChI is InChI=1S/C6H11O9P/c7-3-2(1-14-16(11,12)13)15-6(10)5(9)4(3)8/h2-5,7-9H,1H2,(H2,11,12,13)/t2-,3+,4+,5-/m1/s1. The summed E-state index contributed by atoms with van der Waals surface area (Å²) in [5, 5.41) is 27.5. The van der Waals surface area contributed by atoms with Gasteiger partial charge in [0.15, 0.2) is 12.2 Å². The molecule has 1 rings (SSSR count). The second-order valence-corrected chi connectivity index (χ2v) is 4.43. The summed E-state index contributed by atoms with van der Waals surface area (Å²) in [6.45, 7) is -0.791. The van der Waals surface area contributed by atoms with Gasteiger partial charge in [-0.05, 0) is 0 Å². The third-order valence-electron chi connectivity index (χ3n) is 1.97. The van der Waals surface area contributed by atoms with E-state index in [1.54, 1.807) is 0 Å². The summed E-state index contributed by atoms with van der Waals surface area (Å²) < 4.78 is 18.8. The highest BCUT2D eigenvalue weighted by atomic mass is 31.2. The van der Waals surface area contributed by atoms with Crippen molar-refractivity contribution >= 4 is 13.8 Å². The Morgan fingerprint density at radius 1 is 1.25 bits per heavy atom. The van der Waals surface area contributed by atoms with Crippen LogP contribution in [-0.2, 0) is 18.6 Å². The average Bonchev–Trinajstić information content (AvgIpc) is 2.17. The van der Waals surface area contributed by atoms with Gasteiger partial charge in [0.2, 0.25) is 0 Å². The summed E-state index contributed by atoms with van der Waals surface area (Å²) in [6, 6.07) is 0. The molecule has 0 bridgehead atoms. The molecule has 0 amide bonds. The maximum Gasteiger partial charge on any atom is 0.469 e. The van der Waals surface area contributed by atoms with Crippen molar-refractivity contribution in [3.63, 3.8) is 0 Å². The Morgan fingerprint density at radius 2 is 1.81 bits per heavy atom. The van der Waals surface area contributed by atoms with E-state index in [0.29, 0.717) is 0 Å². The smallest absolute Gasteiger partial charge is 0.455 e. The molecular weight excluding hydrogens is 247 g/mol. The van der Waals surface area contributed by atoms with Crippen LogP contribution in [0.25, 0.3) is 0 Å². The summed E-state index contributed by atoms with van der Waals surface area (Å²) in [6.07, 6.45) is -6.80. The lowest BCUT2D eigenvalue weighted by Crippen LogP contribution is -2.56. The molecular formula is C6H11O9P. The van der Waals surface area contributed by atoms with Crippen LogP contribution in [0, 0.1) is 0 Å². The van der Waals surface area contributed by atoms with Gasteiger partial charge in [-0.1, -0.05) is 0 Å². The molecule has 16 heavy (non-hydrogen) atoms. The molecule has 5 N–H and O–H groups in total. The summed E-state index contributed by atoms with van der Waals surface area (Å²) >= 11 is 0. The first kappa shape index (κ1) is 13.5. The monoisotopic (exact) mass is 258 g/mol. The molecule has 9 nitrogen and oxygen atoms in total. The van der Waals surface area contributed by atoms with Gasteiger partial charge in [-0.2, -0.15) is 0 Å². The lowest BCUT2D eigenvalue weighted by Gasteiger charge is -2.33. The van der Waals surface area contributed by atoms with Gasteiger partial charge in [-0.25, -0.2) is 9.36 Å². The van der Waals surface area contributed by atoms with Crippen molar-refractivity contribution in [1.82, 2.24) is 0 Å². The number of aliphatic hydroxyl groups excluding tert-OH is 3. The molecule has 1 fully saturated rings. The molecule has 1 aliphatic heterocycles. The predicted octanol–water partition coefficient (Wildman–Crippen LogP) is -2.90. The van der Waals surface area contributed by atoms with E-state index in [4.69, 9.17) is 20.0 Å². The lowest BCUT2D eigenvalue weighted by molar-refractivity contribution is -0.206. The third-order valence-corrected chi connectivity index (χ3v) is 2.46. The van der Waals surface area contributed by atoms with Crippen LogP contribution < -0.4 is 0 Å². The molecule has 0 aromatic heterocycles. The van der Waals surface area contributed by atoms with Gasteiger partial charge < -0.3 is 29.8 Å². The van der Waals surface area contributed by atoms with Crippen molar-refractivity contribution in [3.05, 3.63) is 0 Å². The molecule has 0 aromatic rings. The largest absolute Gasteiger partial charge is 0.469 e. The van der Waals surface area contributed by atoms with Gasteiger partial charge in [-0.3, -0.25) is 4.52 Å². The van der Waals surface area contributed by atoms with Crippen LogP contribution in [-0.4, -0.2) is 62.1 Å². The number of ether oxygens (including phenoxy) is 1. The quantitative estimate of drug-likeness (QED) is 0.265. The van der Waals surface area contributed by atoms with Gasteiger partial charge in [0.1, 0.15) is 12.2 Å². The fourth-order valence-electron chi connectivity index (χ4n) is 1.14. The van der Waals surface area contributed by atoms with Crippen molar-refractivity contribution in [2.45, 2.75) is 24.4 Å². The number of hydrogen-bond donors (Lipinski definition) is 5. The number of phosphoric ester groups is 1. The molecule has 1 saturated heterocycles. The SMILES string of the molecule is O=C1O[C@H](COP(=O)(O)O)[C@H](O)[C@H](O)[C@H]1O. The second kappa shape index (κ2) is 4.76. The van der Waals surface area contributed by atoms with E-state index < -0.39 is 44.8 Å². The Labute approximate surface area is 89.5 Å². The number of esters is 1. The van der Waals surface area contributed by atoms with Crippen LogP contribution in [0.2, 0.25) is 0 Å². The molecule has 1 heterocycles. The Kier molecular flexibility index (Phi) is 4.02. The predicted molar refractivity (Wildman–Crippen MR) is 45.9 cm³/mol. The minimum atomic E-state index is -4.76. The molecule has 10 heteroatoms. The first-order valence-electron chi connectivity index (χ1n) is 4.17. The summed E-state index contributed by atoms with van der Waals surface area (Å²) in [7, 11) is -4.76. The number of cyclic esters (lactones) is 1. The van der Waals surface area contributed by atoms with Crippen molar-refractivity contribution in [2.75, 3.05) is 6.61 Å². The van der Waals surface area contributed by atoms with E-state index in [1.807, 2.05) is 0 Å². The molecule has 4 atom stereocenters. The van der Waals surface area contributed by atoms with Gasteiger partial charge in [0.25, 0.3) is 0 Å². The van der Waals surface area contributed by atoms with E-state index in [-0.39, 0.29) is 0 Å². The van der Waals surface area contributed by atoms with E-state index in [9.17, 15) is 14.5 Å². The normalized spacial score (nSPS) is 35.9. The minimum absolute atomic E-state index is 0.791. The minimum Gasteiger partial charge on any atom is -0.455 e. The first-order valence-corrected chi connectivity index (χ1v) is 5.70. The highest BCUT2D eigenvalue weighted by Crippen LogP contribution is 2.36. The highest BCUT2D eigenvalue weighted by molar-refractivity contribution is 7.46. The van der Waals surface area contributed by atoms with Crippen LogP contribution in [0.5, 0.6) is 0 Å². The maximum absolute atomic E-state index is 10.9. The van der Waals surface area contributed by atoms with Crippen LogP contribution in [0.4, 0.5) is 0 Å². The van der Waals surface area contributed by atoms with E-state index in [1.165, 1.54) is 0 Å². The topological polar surface area (TPSA) is 154 Å². The number of carbonyl (C=O) groups is 1. The maximum atomic E-state index is 10.9. The van der Waals surface area contributed by atoms with Crippen LogP contribution in [0.15, 0.2) is 0 Å². The van der Waals surface area contributed by atoms with Gasteiger partial charge in [0, 0.05) is 0 Å².